The van der Waals surface area contributed by atoms with Crippen LogP contribution in [0.5, 0.6) is 0 Å². The number of phosphoric ester groups is 2. The predicted molar refractivity (Wildman–Crippen MR) is 287 cm³/mol. The molecule has 0 radical (unpaired) electrons. The first kappa shape index (κ1) is 74.6. The number of ether oxygens (including phenoxy) is 4. The molecular formula is C53H104N2O18P2. The number of nitrogens with two attached hydrogens (primary N) is 1. The minimum absolute atomic E-state index is 0.0259. The van der Waals surface area contributed by atoms with Gasteiger partial charge in [-0.15, -0.1) is 0 Å². The Morgan fingerprint density at radius 2 is 0.840 bits per heavy atom. The smallest absolute Gasteiger partial charge is 0.472 e. The summed E-state index contributed by atoms with van der Waals surface area (Å²) in [5.74, 6) is -3.38. The number of quaternary nitrogens is 1. The number of carbonyl (C=O) groups excluding carboxylic acids is 4. The van der Waals surface area contributed by atoms with Gasteiger partial charge in [-0.05, 0) is 19.3 Å². The molecule has 0 aromatic rings. The van der Waals surface area contributed by atoms with E-state index in [1.54, 1.807) is 13.8 Å². The molecular weight excluding hydrogens is 1010 g/mol. The summed E-state index contributed by atoms with van der Waals surface area (Å²) in [6.07, 6.45) is 30.8. The monoisotopic (exact) mass is 1120 g/mol. The first-order chi connectivity index (χ1) is 35.6. The lowest BCUT2D eigenvalue weighted by Gasteiger charge is -2.28. The third-order valence-corrected chi connectivity index (χ3v) is 13.7. The molecule has 22 heteroatoms. The van der Waals surface area contributed by atoms with Crippen molar-refractivity contribution in [1.82, 2.24) is 0 Å². The molecule has 4 N–H and O–H groups in total. The van der Waals surface area contributed by atoms with Crippen molar-refractivity contribution in [2.75, 3.05) is 67.3 Å². The van der Waals surface area contributed by atoms with Crippen molar-refractivity contribution in [3.05, 3.63) is 0 Å². The summed E-state index contributed by atoms with van der Waals surface area (Å²) in [5, 5.41) is 8.57. The Balaban J connectivity index is 0. The third-order valence-electron chi connectivity index (χ3n) is 11.8. The Morgan fingerprint density at radius 3 is 1.23 bits per heavy atom. The zero-order valence-electron chi connectivity index (χ0n) is 47.4. The fourth-order valence-electron chi connectivity index (χ4n) is 7.14. The minimum atomic E-state index is -4.63. The van der Waals surface area contributed by atoms with Crippen LogP contribution >= 0.6 is 15.6 Å². The van der Waals surface area contributed by atoms with Crippen LogP contribution in [0.3, 0.4) is 0 Å². The number of phosphoric acid groups is 2. The average Bonchev–Trinajstić information content (AvgIpc) is 3.34. The molecule has 75 heavy (non-hydrogen) atoms. The molecule has 0 saturated carbocycles. The molecule has 0 bridgehead atoms. The van der Waals surface area contributed by atoms with Gasteiger partial charge in [0.1, 0.15) is 32.4 Å². The van der Waals surface area contributed by atoms with E-state index in [0.717, 1.165) is 32.1 Å². The van der Waals surface area contributed by atoms with E-state index in [1.807, 2.05) is 21.1 Å². The molecule has 0 aromatic heterocycles. The van der Waals surface area contributed by atoms with Gasteiger partial charge in [-0.3, -0.25) is 37.6 Å². The number of nitrogens with zero attached hydrogens (tertiary/aromatic N) is 1. The quantitative estimate of drug-likeness (QED) is 0.0168. The number of unbranched alkanes of at least 4 members (excludes halogenated alkanes) is 24. The van der Waals surface area contributed by atoms with Crippen molar-refractivity contribution in [3.63, 3.8) is 0 Å². The van der Waals surface area contributed by atoms with Crippen molar-refractivity contribution < 1.29 is 89.5 Å². The Hall–Kier alpha value is -2.51. The van der Waals surface area contributed by atoms with E-state index in [-0.39, 0.29) is 51.5 Å². The molecule has 0 rings (SSSR count). The molecule has 0 aliphatic rings. The van der Waals surface area contributed by atoms with Gasteiger partial charge in [0.05, 0.1) is 41.0 Å². The van der Waals surface area contributed by atoms with E-state index in [0.29, 0.717) is 23.9 Å². The maximum atomic E-state index is 12.6. The lowest BCUT2D eigenvalue weighted by atomic mass is 10.0. The number of esters is 4. The fraction of sp³-hybridized carbons (Fsp3) is 0.906. The average molecular weight is 1120 g/mol. The van der Waals surface area contributed by atoms with Crippen LogP contribution in [-0.2, 0) is 70.1 Å². The summed E-state index contributed by atoms with van der Waals surface area (Å²) in [5.41, 5.74) is 5.14. The van der Waals surface area contributed by atoms with Gasteiger partial charge in [-0.1, -0.05) is 182 Å². The Bertz CT molecular complexity index is 1550. The van der Waals surface area contributed by atoms with Crippen molar-refractivity contribution in [1.29, 1.82) is 0 Å². The molecule has 0 aliphatic carbocycles. The number of carboxylic acid groups (broad SMARTS) is 1. The maximum Gasteiger partial charge on any atom is 0.472 e. The van der Waals surface area contributed by atoms with Crippen LogP contribution in [0.4, 0.5) is 0 Å². The Kier molecular flexibility index (Phi) is 48.3. The standard InChI is InChI=1S/C40H80NO8P.C13H24NO10P/c1-6-8-10-12-14-16-18-20-22-24-26-28-30-32-39(42)46-36-38(37-48-50(44,45)47-35-34-41(3,4)5)49-40(43)33-31-29-27-25-23-21-19-17-15-13-11-9-7-2;1-3-5-12(16)24-9(6-21-11(15)4-2)7-22-25(19,20)23-8-10(14)13(17)18/h38H,6-37H2,1-5H3;9-10H,3-8,14H2,1-2H3,(H,17,18)(H,19,20)/t38-;9-,10+/m11/s1. The Labute approximate surface area is 451 Å². The van der Waals surface area contributed by atoms with E-state index in [1.165, 1.54) is 128 Å². The number of hydrogen-bond acceptors (Lipinski definition) is 17. The summed E-state index contributed by atoms with van der Waals surface area (Å²) in [6.45, 7) is 5.85. The molecule has 0 fully saturated rings. The van der Waals surface area contributed by atoms with Crippen LogP contribution in [-0.4, -0.2) is 130 Å². The fourth-order valence-corrected chi connectivity index (χ4v) is 8.65. The highest BCUT2D eigenvalue weighted by atomic mass is 31.2. The second kappa shape index (κ2) is 48.6. The molecule has 0 heterocycles. The predicted octanol–water partition coefficient (Wildman–Crippen LogP) is 10.8. The van der Waals surface area contributed by atoms with E-state index in [4.69, 9.17) is 38.8 Å². The highest BCUT2D eigenvalue weighted by Gasteiger charge is 2.28. The molecule has 2 unspecified atom stereocenters. The second-order valence-corrected chi connectivity index (χ2v) is 23.1. The SMILES string of the molecule is CCCC(=O)O[C@H](COC(=O)CC)COP(=O)(O)OC[C@H](N)C(=O)O.CCCCCCCCCCCCCCCC(=O)OC[C@H](COP(=O)([O-])OCC[N+](C)(C)C)OC(=O)CCCCCCCCCCCCCCC. The van der Waals surface area contributed by atoms with Crippen molar-refractivity contribution in [2.45, 2.75) is 245 Å². The van der Waals surface area contributed by atoms with E-state index in [9.17, 15) is 42.9 Å². The first-order valence-corrected chi connectivity index (χ1v) is 31.3. The van der Waals surface area contributed by atoms with Crippen molar-refractivity contribution in [2.24, 2.45) is 5.73 Å². The van der Waals surface area contributed by atoms with E-state index in [2.05, 4.69) is 22.9 Å². The maximum absolute atomic E-state index is 12.6. The summed E-state index contributed by atoms with van der Waals surface area (Å²) in [4.78, 5) is 80.1. The normalized spacial score (nSPS) is 14.3. The zero-order valence-corrected chi connectivity index (χ0v) is 49.2. The van der Waals surface area contributed by atoms with Gasteiger partial charge in [-0.2, -0.15) is 0 Å². The topological polar surface area (TPSA) is 283 Å². The number of rotatable bonds is 51. The molecule has 5 atom stereocenters. The van der Waals surface area contributed by atoms with Crippen molar-refractivity contribution in [3.8, 4) is 0 Å². The third kappa shape index (κ3) is 53.3. The van der Waals surface area contributed by atoms with Crippen LogP contribution in [0.1, 0.15) is 227 Å². The van der Waals surface area contributed by atoms with Crippen LogP contribution < -0.4 is 10.6 Å². The Morgan fingerprint density at radius 1 is 0.480 bits per heavy atom. The van der Waals surface area contributed by atoms with Crippen LogP contribution in [0.15, 0.2) is 0 Å². The number of aliphatic carboxylic acids is 1. The molecule has 0 saturated heterocycles. The summed E-state index contributed by atoms with van der Waals surface area (Å²) in [7, 11) is -3.45. The number of carboxylic acids is 1. The highest BCUT2D eigenvalue weighted by Crippen LogP contribution is 2.43. The summed E-state index contributed by atoms with van der Waals surface area (Å²) in [6, 6.07) is -1.51. The molecule has 0 spiro atoms. The number of carbonyl (C=O) groups is 5. The highest BCUT2D eigenvalue weighted by molar-refractivity contribution is 7.47. The minimum Gasteiger partial charge on any atom is -0.756 e. The van der Waals surface area contributed by atoms with Crippen LogP contribution in [0.2, 0.25) is 0 Å². The molecule has 0 amide bonds. The van der Waals surface area contributed by atoms with Gasteiger partial charge < -0.3 is 53.1 Å². The lowest BCUT2D eigenvalue weighted by molar-refractivity contribution is -0.870. The van der Waals surface area contributed by atoms with Crippen molar-refractivity contribution >= 4 is 45.5 Å². The van der Waals surface area contributed by atoms with Gasteiger partial charge >= 0.3 is 37.7 Å². The second-order valence-electron chi connectivity index (χ2n) is 20.3. The largest absolute Gasteiger partial charge is 0.756 e. The number of hydrogen-bond donors (Lipinski definition) is 3. The van der Waals surface area contributed by atoms with Gasteiger partial charge in [0.15, 0.2) is 12.2 Å². The molecule has 20 nitrogen and oxygen atoms in total. The van der Waals surface area contributed by atoms with Gasteiger partial charge in [-0.25, -0.2) is 4.57 Å². The zero-order chi connectivity index (χ0) is 56.6. The molecule has 444 valence electrons. The molecule has 0 aliphatic heterocycles. The van der Waals surface area contributed by atoms with Crippen LogP contribution in [0, 0.1) is 0 Å². The van der Waals surface area contributed by atoms with E-state index >= 15 is 0 Å². The van der Waals surface area contributed by atoms with Crippen LogP contribution in [0.25, 0.3) is 0 Å². The molecule has 0 aromatic carbocycles. The summed E-state index contributed by atoms with van der Waals surface area (Å²) >= 11 is 0. The van der Waals surface area contributed by atoms with E-state index < -0.39 is 77.6 Å². The van der Waals surface area contributed by atoms with Gasteiger partial charge in [0.2, 0.25) is 0 Å². The van der Waals surface area contributed by atoms with Gasteiger partial charge in [0, 0.05) is 25.7 Å². The lowest BCUT2D eigenvalue weighted by Crippen LogP contribution is -2.37. The van der Waals surface area contributed by atoms with Gasteiger partial charge in [0.25, 0.3) is 7.82 Å². The first-order valence-electron chi connectivity index (χ1n) is 28.3. The number of likely N-dealkylation sites (N-methyl/N-ethyl adjacent to an activating group) is 1. The summed E-state index contributed by atoms with van der Waals surface area (Å²) < 4.78 is 64.4.